The van der Waals surface area contributed by atoms with Crippen LogP contribution in [-0.4, -0.2) is 41.3 Å². The molecule has 2 aromatic heterocycles. The van der Waals surface area contributed by atoms with Crippen molar-refractivity contribution in [2.24, 2.45) is 17.8 Å². The molecule has 0 amide bonds. The van der Waals surface area contributed by atoms with Crippen LogP contribution < -0.4 is 14.4 Å². The summed E-state index contributed by atoms with van der Waals surface area (Å²) in [5.74, 6) is 3.17. The van der Waals surface area contributed by atoms with Gasteiger partial charge in [0, 0.05) is 30.4 Å². The summed E-state index contributed by atoms with van der Waals surface area (Å²) in [4.78, 5) is 15.3. The number of alkyl halides is 2. The molecule has 0 saturated carbocycles. The summed E-state index contributed by atoms with van der Waals surface area (Å²) in [7, 11) is 1.72. The topological polar surface area (TPSA) is 63.3 Å². The SMILES string of the molecule is C=CC(F)(F)Oc1cccc(C2=C(C)C(CC)C=C(C3CCN(c4ncnc5[nH]c(-c6ccc(CC)c(OC)c6)cc45)CC3)C(CC)C2)c1. The van der Waals surface area contributed by atoms with Crippen LogP contribution >= 0.6 is 0 Å². The zero-order valence-electron chi connectivity index (χ0n) is 29.4. The fraction of sp³-hybridized carbons (Fsp3) is 0.415. The van der Waals surface area contributed by atoms with E-state index in [2.05, 4.69) is 79.5 Å². The molecule has 1 fully saturated rings. The number of H-pyrrole nitrogens is 1. The number of aryl methyl sites for hydroxylation is 1. The van der Waals surface area contributed by atoms with Gasteiger partial charge in [-0.2, -0.15) is 8.78 Å². The van der Waals surface area contributed by atoms with E-state index < -0.39 is 6.11 Å². The van der Waals surface area contributed by atoms with Gasteiger partial charge in [-0.3, -0.25) is 0 Å². The summed E-state index contributed by atoms with van der Waals surface area (Å²) < 4.78 is 38.6. The molecule has 1 saturated heterocycles. The molecule has 3 heterocycles. The van der Waals surface area contributed by atoms with Crippen molar-refractivity contribution in [1.29, 1.82) is 0 Å². The van der Waals surface area contributed by atoms with Crippen molar-refractivity contribution in [2.75, 3.05) is 25.1 Å². The minimum Gasteiger partial charge on any atom is -0.496 e. The number of allylic oxidation sites excluding steroid dienone is 4. The van der Waals surface area contributed by atoms with Crippen molar-refractivity contribution in [3.8, 4) is 22.8 Å². The highest BCUT2D eigenvalue weighted by Crippen LogP contribution is 2.45. The van der Waals surface area contributed by atoms with Gasteiger partial charge in [0.2, 0.25) is 0 Å². The van der Waals surface area contributed by atoms with Crippen LogP contribution in [0.4, 0.5) is 14.6 Å². The Labute approximate surface area is 289 Å². The molecule has 0 spiro atoms. The number of nitrogens with one attached hydrogen (secondary N) is 1. The van der Waals surface area contributed by atoms with Gasteiger partial charge >= 0.3 is 6.11 Å². The Morgan fingerprint density at radius 1 is 1.02 bits per heavy atom. The van der Waals surface area contributed by atoms with Crippen molar-refractivity contribution >= 4 is 22.4 Å². The number of ether oxygens (including phenoxy) is 2. The summed E-state index contributed by atoms with van der Waals surface area (Å²) in [5.41, 5.74) is 9.13. The quantitative estimate of drug-likeness (QED) is 0.161. The molecule has 0 bridgehead atoms. The number of piperidine rings is 1. The predicted octanol–water partition coefficient (Wildman–Crippen LogP) is 10.4. The first-order valence-corrected chi connectivity index (χ1v) is 17.7. The highest BCUT2D eigenvalue weighted by atomic mass is 19.3. The highest BCUT2D eigenvalue weighted by molar-refractivity contribution is 5.92. The van der Waals surface area contributed by atoms with Gasteiger partial charge in [-0.25, -0.2) is 9.97 Å². The van der Waals surface area contributed by atoms with Gasteiger partial charge < -0.3 is 19.4 Å². The second kappa shape index (κ2) is 14.6. The molecule has 0 radical (unpaired) electrons. The Bertz CT molecular complexity index is 1870. The minimum absolute atomic E-state index is 0.149. The van der Waals surface area contributed by atoms with Crippen molar-refractivity contribution in [1.82, 2.24) is 15.0 Å². The third-order valence-electron chi connectivity index (χ3n) is 10.6. The van der Waals surface area contributed by atoms with Crippen LogP contribution in [0.1, 0.15) is 70.9 Å². The van der Waals surface area contributed by atoms with Crippen LogP contribution in [0.15, 0.2) is 84.7 Å². The van der Waals surface area contributed by atoms with Gasteiger partial charge in [-0.05, 0) is 104 Å². The Kier molecular flexibility index (Phi) is 10.2. The number of nitrogens with zero attached hydrogens (tertiary/aromatic N) is 3. The Morgan fingerprint density at radius 2 is 1.82 bits per heavy atom. The molecule has 6 nitrogen and oxygen atoms in total. The fourth-order valence-corrected chi connectivity index (χ4v) is 7.77. The lowest BCUT2D eigenvalue weighted by molar-refractivity contribution is -0.131. The molecule has 258 valence electrons. The van der Waals surface area contributed by atoms with Gasteiger partial charge in [0.05, 0.1) is 12.5 Å². The van der Waals surface area contributed by atoms with E-state index in [1.807, 2.05) is 6.07 Å². The van der Waals surface area contributed by atoms with E-state index in [0.717, 1.165) is 91.0 Å². The van der Waals surface area contributed by atoms with Crippen molar-refractivity contribution < 1.29 is 18.3 Å². The van der Waals surface area contributed by atoms with E-state index in [9.17, 15) is 8.78 Å². The lowest BCUT2D eigenvalue weighted by Crippen LogP contribution is -2.35. The Hall–Kier alpha value is -4.46. The van der Waals surface area contributed by atoms with Crippen LogP contribution in [0.5, 0.6) is 11.5 Å². The van der Waals surface area contributed by atoms with Crippen LogP contribution in [0.2, 0.25) is 0 Å². The standard InChI is InChI=1S/C41H48F2N4O2/c1-7-27-14-15-32(23-38(27)48-6)37-24-36-39(46-37)44-25-45-40(36)47-18-16-30(17-19-47)35-21-28(8-2)26(5)34(22-29(35)9-3)31-12-11-13-33(20-31)49-41(42,43)10-4/h10-15,20-21,23-25,28-30H,4,7-9,16-19,22H2,1-3,5-6H3,(H,44,45,46). The number of aromatic amines is 1. The van der Waals surface area contributed by atoms with Crippen LogP contribution in [-0.2, 0) is 6.42 Å². The van der Waals surface area contributed by atoms with E-state index in [4.69, 9.17) is 14.5 Å². The average molecular weight is 667 g/mol. The summed E-state index contributed by atoms with van der Waals surface area (Å²) in [6.45, 7) is 13.9. The Balaban J connectivity index is 1.21. The zero-order valence-corrected chi connectivity index (χ0v) is 29.4. The number of aromatic nitrogens is 3. The molecule has 49 heavy (non-hydrogen) atoms. The molecule has 4 aromatic rings. The van der Waals surface area contributed by atoms with Crippen LogP contribution in [0.3, 0.4) is 0 Å². The lowest BCUT2D eigenvalue weighted by atomic mass is 9.78. The van der Waals surface area contributed by atoms with Crippen molar-refractivity contribution in [2.45, 2.75) is 72.3 Å². The second-order valence-electron chi connectivity index (χ2n) is 13.3. The average Bonchev–Trinajstić information content (AvgIpc) is 3.51. The maximum Gasteiger partial charge on any atom is 0.419 e. The third-order valence-corrected chi connectivity index (χ3v) is 10.6. The number of methoxy groups -OCH3 is 1. The van der Waals surface area contributed by atoms with E-state index >= 15 is 0 Å². The molecule has 2 aromatic carbocycles. The minimum atomic E-state index is -3.41. The van der Waals surface area contributed by atoms with Gasteiger partial charge in [0.1, 0.15) is 29.3 Å². The molecule has 1 N–H and O–H groups in total. The van der Waals surface area contributed by atoms with Crippen LogP contribution in [0, 0.1) is 17.8 Å². The first-order valence-electron chi connectivity index (χ1n) is 17.7. The summed E-state index contributed by atoms with van der Waals surface area (Å²) >= 11 is 0. The fourth-order valence-electron chi connectivity index (χ4n) is 7.77. The van der Waals surface area contributed by atoms with Gasteiger partial charge in [0.25, 0.3) is 0 Å². The predicted molar refractivity (Wildman–Crippen MR) is 195 cm³/mol. The number of halogens is 2. The molecule has 1 aliphatic heterocycles. The van der Waals surface area contributed by atoms with Gasteiger partial charge in [0.15, 0.2) is 0 Å². The lowest BCUT2D eigenvalue weighted by Gasteiger charge is -2.36. The summed E-state index contributed by atoms with van der Waals surface area (Å²) in [5, 5.41) is 1.03. The maximum atomic E-state index is 14.0. The van der Waals surface area contributed by atoms with Crippen LogP contribution in [0.25, 0.3) is 27.9 Å². The molecular formula is C41H48F2N4O2. The number of anilines is 1. The Morgan fingerprint density at radius 3 is 2.51 bits per heavy atom. The molecule has 2 aliphatic rings. The third kappa shape index (κ3) is 7.15. The van der Waals surface area contributed by atoms with Crippen molar-refractivity contribution in [3.63, 3.8) is 0 Å². The number of rotatable bonds is 11. The van der Waals surface area contributed by atoms with Crippen molar-refractivity contribution in [3.05, 3.63) is 95.9 Å². The highest BCUT2D eigenvalue weighted by Gasteiger charge is 2.32. The van der Waals surface area contributed by atoms with Gasteiger partial charge in [-0.15, -0.1) is 0 Å². The molecule has 6 rings (SSSR count). The summed E-state index contributed by atoms with van der Waals surface area (Å²) in [6, 6.07) is 15.7. The van der Waals surface area contributed by atoms with E-state index in [1.54, 1.807) is 37.2 Å². The van der Waals surface area contributed by atoms with E-state index in [-0.39, 0.29) is 5.75 Å². The van der Waals surface area contributed by atoms with Gasteiger partial charge in [-0.1, -0.05) is 68.8 Å². The zero-order chi connectivity index (χ0) is 34.7. The van der Waals surface area contributed by atoms with E-state index in [0.29, 0.717) is 23.8 Å². The number of fused-ring (bicyclic) bond motifs is 1. The van der Waals surface area contributed by atoms with E-state index in [1.165, 1.54) is 16.7 Å². The normalized spacial score (nSPS) is 19.2. The molecular weight excluding hydrogens is 618 g/mol. The number of hydrogen-bond donors (Lipinski definition) is 1. The number of benzene rings is 2. The number of hydrogen-bond acceptors (Lipinski definition) is 5. The largest absolute Gasteiger partial charge is 0.496 e. The maximum absolute atomic E-state index is 14.0. The molecule has 2 atom stereocenters. The molecule has 2 unspecified atom stereocenters. The first-order chi connectivity index (χ1) is 23.7. The summed E-state index contributed by atoms with van der Waals surface area (Å²) in [6.07, 6.45) is 7.22. The monoisotopic (exact) mass is 666 g/mol. The first kappa shape index (κ1) is 34.4. The smallest absolute Gasteiger partial charge is 0.419 e. The second-order valence-corrected chi connectivity index (χ2v) is 13.3. The molecule has 8 heteroatoms. The molecule has 1 aliphatic carbocycles.